The Balaban J connectivity index is 2.99. The van der Waals surface area contributed by atoms with E-state index in [1.807, 2.05) is 42.1 Å². The van der Waals surface area contributed by atoms with Crippen molar-refractivity contribution < 1.29 is 0 Å². The highest BCUT2D eigenvalue weighted by Crippen LogP contribution is 2.15. The Bertz CT molecular complexity index is 147. The summed E-state index contributed by atoms with van der Waals surface area (Å²) >= 11 is 0. The molecular formula is C9H18N2S2. The molecule has 0 bridgehead atoms. The molecule has 0 aliphatic carbocycles. The van der Waals surface area contributed by atoms with Crippen molar-refractivity contribution in [3.05, 3.63) is 24.4 Å². The van der Waals surface area contributed by atoms with Crippen LogP contribution >= 0.6 is 21.8 Å². The lowest BCUT2D eigenvalue weighted by atomic mass is 10.5. The van der Waals surface area contributed by atoms with Crippen LogP contribution in [0.4, 0.5) is 0 Å². The average Bonchev–Trinajstić information content (AvgIpc) is 2.16. The molecule has 0 aromatic carbocycles. The second-order valence-electron chi connectivity index (χ2n) is 2.26. The van der Waals surface area contributed by atoms with Gasteiger partial charge in [0, 0.05) is 29.5 Å². The summed E-state index contributed by atoms with van der Waals surface area (Å²) in [5.41, 5.74) is 0. The van der Waals surface area contributed by atoms with Gasteiger partial charge in [0.25, 0.3) is 0 Å². The maximum Gasteiger partial charge on any atom is 0.0182 e. The molecule has 0 amide bonds. The van der Waals surface area contributed by atoms with Gasteiger partial charge in [0.1, 0.15) is 0 Å². The minimum atomic E-state index is 1.06. The van der Waals surface area contributed by atoms with Crippen molar-refractivity contribution in [1.82, 2.24) is 10.0 Å². The fourth-order valence-corrected chi connectivity index (χ4v) is 1.98. The minimum absolute atomic E-state index is 1.06. The Morgan fingerprint density at radius 2 is 2.15 bits per heavy atom. The fourth-order valence-electron chi connectivity index (χ4n) is 0.600. The molecule has 13 heavy (non-hydrogen) atoms. The van der Waals surface area contributed by atoms with Crippen LogP contribution in [0.15, 0.2) is 24.4 Å². The summed E-state index contributed by atoms with van der Waals surface area (Å²) in [5, 5.41) is 3.27. The molecule has 76 valence electrons. The first-order valence-corrected chi connectivity index (χ1v) is 6.76. The standard InChI is InChI=1S/C9H18N2S2/c1-3-5-6-7-11-13-12-9-8-10-4-2/h3,5-7,10-11H,4,8-9H2,1-2H3/b5-3-,7-6-. The van der Waals surface area contributed by atoms with E-state index in [2.05, 4.69) is 17.0 Å². The van der Waals surface area contributed by atoms with Crippen LogP contribution in [-0.4, -0.2) is 18.8 Å². The van der Waals surface area contributed by atoms with E-state index in [1.165, 1.54) is 0 Å². The van der Waals surface area contributed by atoms with Gasteiger partial charge in [0.05, 0.1) is 0 Å². The van der Waals surface area contributed by atoms with Crippen LogP contribution in [0.2, 0.25) is 0 Å². The number of rotatable bonds is 8. The van der Waals surface area contributed by atoms with Gasteiger partial charge in [0.15, 0.2) is 0 Å². The lowest BCUT2D eigenvalue weighted by molar-refractivity contribution is 0.769. The van der Waals surface area contributed by atoms with Crippen molar-refractivity contribution >= 4 is 21.8 Å². The molecule has 0 aliphatic heterocycles. The largest absolute Gasteiger partial charge is 0.327 e. The molecule has 0 unspecified atom stereocenters. The maximum atomic E-state index is 3.27. The van der Waals surface area contributed by atoms with Gasteiger partial charge >= 0.3 is 0 Å². The van der Waals surface area contributed by atoms with E-state index in [-0.39, 0.29) is 0 Å². The van der Waals surface area contributed by atoms with Crippen LogP contribution in [0.3, 0.4) is 0 Å². The Labute approximate surface area is 89.2 Å². The zero-order chi connectivity index (χ0) is 9.78. The van der Waals surface area contributed by atoms with E-state index < -0.39 is 0 Å². The van der Waals surface area contributed by atoms with Crippen molar-refractivity contribution in [1.29, 1.82) is 0 Å². The highest BCUT2D eigenvalue weighted by atomic mass is 33.1. The van der Waals surface area contributed by atoms with Gasteiger partial charge in [-0.05, 0) is 19.5 Å². The van der Waals surface area contributed by atoms with Gasteiger partial charge in [-0.2, -0.15) is 0 Å². The lowest BCUT2D eigenvalue weighted by Gasteiger charge is -1.99. The molecule has 0 aliphatic rings. The average molecular weight is 218 g/mol. The van der Waals surface area contributed by atoms with E-state index in [4.69, 9.17) is 0 Å². The predicted molar refractivity (Wildman–Crippen MR) is 65.7 cm³/mol. The molecule has 0 fully saturated rings. The molecule has 0 saturated carbocycles. The Morgan fingerprint density at radius 3 is 2.85 bits per heavy atom. The summed E-state index contributed by atoms with van der Waals surface area (Å²) in [6.45, 7) is 6.26. The van der Waals surface area contributed by atoms with Gasteiger partial charge < -0.3 is 10.0 Å². The number of hydrogen-bond donors (Lipinski definition) is 2. The summed E-state index contributed by atoms with van der Waals surface area (Å²) in [6, 6.07) is 0. The summed E-state index contributed by atoms with van der Waals surface area (Å²) in [7, 11) is 3.48. The number of hydrogen-bond acceptors (Lipinski definition) is 4. The van der Waals surface area contributed by atoms with E-state index >= 15 is 0 Å². The quantitative estimate of drug-likeness (QED) is 0.283. The molecule has 2 nitrogen and oxygen atoms in total. The molecule has 2 N–H and O–H groups in total. The number of nitrogens with one attached hydrogen (secondary N) is 2. The van der Waals surface area contributed by atoms with Crippen LogP contribution < -0.4 is 10.0 Å². The third-order valence-electron chi connectivity index (χ3n) is 1.19. The zero-order valence-corrected chi connectivity index (χ0v) is 9.88. The van der Waals surface area contributed by atoms with E-state index in [0.717, 1.165) is 18.8 Å². The first kappa shape index (κ1) is 12.9. The second kappa shape index (κ2) is 11.9. The Kier molecular flexibility index (Phi) is 11.9. The normalized spacial score (nSPS) is 11.5. The molecule has 0 saturated heterocycles. The van der Waals surface area contributed by atoms with Gasteiger partial charge in [-0.1, -0.05) is 29.9 Å². The molecular weight excluding hydrogens is 200 g/mol. The molecule has 0 heterocycles. The molecule has 4 heteroatoms. The van der Waals surface area contributed by atoms with Crippen LogP contribution in [0.5, 0.6) is 0 Å². The summed E-state index contributed by atoms with van der Waals surface area (Å²) in [5.74, 6) is 1.13. The van der Waals surface area contributed by atoms with Gasteiger partial charge in [-0.15, -0.1) is 0 Å². The van der Waals surface area contributed by atoms with Crippen LogP contribution in [0, 0.1) is 0 Å². The summed E-state index contributed by atoms with van der Waals surface area (Å²) < 4.78 is 3.12. The molecule has 0 spiro atoms. The highest BCUT2D eigenvalue weighted by molar-refractivity contribution is 8.76. The van der Waals surface area contributed by atoms with Crippen LogP contribution in [0.1, 0.15) is 13.8 Å². The zero-order valence-electron chi connectivity index (χ0n) is 8.25. The maximum absolute atomic E-state index is 3.27. The van der Waals surface area contributed by atoms with Crippen LogP contribution in [-0.2, 0) is 0 Å². The Morgan fingerprint density at radius 1 is 1.31 bits per heavy atom. The molecule has 0 atom stereocenters. The topological polar surface area (TPSA) is 24.1 Å². The van der Waals surface area contributed by atoms with E-state index in [9.17, 15) is 0 Å². The SMILES string of the molecule is C/C=C\C=C/NSSCCNCC. The van der Waals surface area contributed by atoms with Crippen molar-refractivity contribution in [3.63, 3.8) is 0 Å². The second-order valence-corrected chi connectivity index (χ2v) is 4.52. The van der Waals surface area contributed by atoms with Gasteiger partial charge in [-0.25, -0.2) is 0 Å². The molecule has 0 aromatic heterocycles. The van der Waals surface area contributed by atoms with E-state index in [1.54, 1.807) is 11.0 Å². The van der Waals surface area contributed by atoms with Crippen LogP contribution in [0.25, 0.3) is 0 Å². The smallest absolute Gasteiger partial charge is 0.0182 e. The summed E-state index contributed by atoms with van der Waals surface area (Å²) in [4.78, 5) is 0. The molecule has 0 rings (SSSR count). The highest BCUT2D eigenvalue weighted by Gasteiger charge is 1.85. The predicted octanol–water partition coefficient (Wildman–Crippen LogP) is 2.57. The van der Waals surface area contributed by atoms with Crippen molar-refractivity contribution in [2.45, 2.75) is 13.8 Å². The van der Waals surface area contributed by atoms with Crippen molar-refractivity contribution in [2.75, 3.05) is 18.8 Å². The third-order valence-corrected chi connectivity index (χ3v) is 3.05. The first-order chi connectivity index (χ1) is 6.41. The number of allylic oxidation sites excluding steroid dienone is 3. The van der Waals surface area contributed by atoms with Crippen molar-refractivity contribution in [3.8, 4) is 0 Å². The summed E-state index contributed by atoms with van der Waals surface area (Å²) in [6.07, 6.45) is 7.92. The first-order valence-electron chi connectivity index (χ1n) is 4.44. The van der Waals surface area contributed by atoms with Gasteiger partial charge in [0.2, 0.25) is 0 Å². The molecule has 0 aromatic rings. The fraction of sp³-hybridized carbons (Fsp3) is 0.556. The molecule has 0 radical (unpaired) electrons. The lowest BCUT2D eigenvalue weighted by Crippen LogP contribution is -2.15. The Hall–Kier alpha value is -0.0600. The van der Waals surface area contributed by atoms with Crippen molar-refractivity contribution in [2.24, 2.45) is 0 Å². The third kappa shape index (κ3) is 11.9. The minimum Gasteiger partial charge on any atom is -0.327 e. The van der Waals surface area contributed by atoms with E-state index in [0.29, 0.717) is 0 Å². The van der Waals surface area contributed by atoms with Gasteiger partial charge in [-0.3, -0.25) is 0 Å². The monoisotopic (exact) mass is 218 g/mol.